The summed E-state index contributed by atoms with van der Waals surface area (Å²) in [6.07, 6.45) is 2.53. The summed E-state index contributed by atoms with van der Waals surface area (Å²) >= 11 is 7.07. The molecule has 1 radical (unpaired) electrons. The number of rotatable bonds is 4. The molecule has 2 rings (SSSR count). The number of hydrogen-bond acceptors (Lipinski definition) is 5. The van der Waals surface area contributed by atoms with Crippen LogP contribution < -0.4 is 10.5 Å². The maximum Gasteiger partial charge on any atom is 0.264 e. The van der Waals surface area contributed by atoms with Gasteiger partial charge in [-0.15, -0.1) is 11.3 Å². The van der Waals surface area contributed by atoms with Gasteiger partial charge in [0.15, 0.2) is 5.13 Å². The fourth-order valence-corrected chi connectivity index (χ4v) is 3.71. The maximum atomic E-state index is 12.2. The average Bonchev–Trinajstić information content (AvgIpc) is 2.80. The van der Waals surface area contributed by atoms with Crippen molar-refractivity contribution in [2.45, 2.75) is 11.4 Å². The van der Waals surface area contributed by atoms with Gasteiger partial charge in [-0.3, -0.25) is 4.72 Å². The minimum absolute atomic E-state index is 0.0416. The third-order valence-electron chi connectivity index (χ3n) is 2.18. The Labute approximate surface area is 114 Å². The number of sulfonamides is 1. The van der Waals surface area contributed by atoms with Gasteiger partial charge < -0.3 is 5.73 Å². The van der Waals surface area contributed by atoms with E-state index in [0.29, 0.717) is 10.6 Å². The zero-order chi connectivity index (χ0) is 13.2. The molecule has 1 aromatic heterocycles. The van der Waals surface area contributed by atoms with Gasteiger partial charge in [-0.25, -0.2) is 13.4 Å². The first kappa shape index (κ1) is 13.3. The SMILES string of the molecule is NCc1c(Cl)cccc1S(=O)(=O)Nc1n[c]cs1. The van der Waals surface area contributed by atoms with E-state index >= 15 is 0 Å². The van der Waals surface area contributed by atoms with Gasteiger partial charge >= 0.3 is 0 Å². The van der Waals surface area contributed by atoms with E-state index in [0.717, 1.165) is 11.3 Å². The first-order chi connectivity index (χ1) is 8.54. The Balaban J connectivity index is 2.44. The van der Waals surface area contributed by atoms with Crippen LogP contribution in [0.1, 0.15) is 5.56 Å². The second kappa shape index (κ2) is 5.23. The van der Waals surface area contributed by atoms with Crippen LogP contribution in [0.15, 0.2) is 28.5 Å². The van der Waals surface area contributed by atoms with Gasteiger partial charge in [0, 0.05) is 22.5 Å². The molecule has 95 valence electrons. The van der Waals surface area contributed by atoms with Crippen LogP contribution in [0.5, 0.6) is 0 Å². The predicted octanol–water partition coefficient (Wildman–Crippen LogP) is 1.86. The number of nitrogens with one attached hydrogen (secondary N) is 1. The molecule has 5 nitrogen and oxygen atoms in total. The highest BCUT2D eigenvalue weighted by Gasteiger charge is 2.20. The van der Waals surface area contributed by atoms with Gasteiger partial charge in [0.2, 0.25) is 0 Å². The number of nitrogens with zero attached hydrogens (tertiary/aromatic N) is 1. The second-order valence-electron chi connectivity index (χ2n) is 3.31. The van der Waals surface area contributed by atoms with Gasteiger partial charge in [-0.2, -0.15) is 0 Å². The largest absolute Gasteiger partial charge is 0.326 e. The molecule has 3 N–H and O–H groups in total. The van der Waals surface area contributed by atoms with Crippen LogP contribution in [-0.4, -0.2) is 13.4 Å². The summed E-state index contributed by atoms with van der Waals surface area (Å²) in [5.74, 6) is 0. The highest BCUT2D eigenvalue weighted by molar-refractivity contribution is 7.93. The molecule has 0 aliphatic heterocycles. The Hall–Kier alpha value is -1.15. The summed E-state index contributed by atoms with van der Waals surface area (Å²) in [7, 11) is -3.74. The second-order valence-corrected chi connectivity index (χ2v) is 6.22. The lowest BCUT2D eigenvalue weighted by Crippen LogP contribution is -2.16. The van der Waals surface area contributed by atoms with Gasteiger partial charge in [0.25, 0.3) is 10.0 Å². The highest BCUT2D eigenvalue weighted by atomic mass is 35.5. The number of anilines is 1. The first-order valence-electron chi connectivity index (χ1n) is 4.86. The van der Waals surface area contributed by atoms with E-state index in [-0.39, 0.29) is 16.6 Å². The minimum atomic E-state index is -3.74. The molecule has 0 atom stereocenters. The Kier molecular flexibility index (Phi) is 3.86. The molecule has 0 fully saturated rings. The molecule has 18 heavy (non-hydrogen) atoms. The molecule has 0 spiro atoms. The van der Waals surface area contributed by atoms with Crippen molar-refractivity contribution >= 4 is 38.1 Å². The van der Waals surface area contributed by atoms with Crippen molar-refractivity contribution < 1.29 is 8.42 Å². The van der Waals surface area contributed by atoms with Gasteiger partial charge in [-0.1, -0.05) is 17.7 Å². The van der Waals surface area contributed by atoms with Crippen molar-refractivity contribution in [2.24, 2.45) is 5.73 Å². The Morgan fingerprint density at radius 3 is 2.89 bits per heavy atom. The van der Waals surface area contributed by atoms with E-state index in [9.17, 15) is 8.42 Å². The minimum Gasteiger partial charge on any atom is -0.326 e. The highest BCUT2D eigenvalue weighted by Crippen LogP contribution is 2.25. The smallest absolute Gasteiger partial charge is 0.264 e. The molecular weight excluding hydrogens is 294 g/mol. The third kappa shape index (κ3) is 2.64. The molecular formula is C10H9ClN3O2S2. The van der Waals surface area contributed by atoms with Crippen LogP contribution in [0.25, 0.3) is 0 Å². The number of halogens is 1. The van der Waals surface area contributed by atoms with Crippen molar-refractivity contribution in [1.29, 1.82) is 0 Å². The molecule has 0 bridgehead atoms. The van der Waals surface area contributed by atoms with Crippen LogP contribution in [0.4, 0.5) is 5.13 Å². The first-order valence-corrected chi connectivity index (χ1v) is 7.60. The predicted molar refractivity (Wildman–Crippen MR) is 71.1 cm³/mol. The zero-order valence-corrected chi connectivity index (χ0v) is 11.4. The summed E-state index contributed by atoms with van der Waals surface area (Å²) in [6, 6.07) is 4.61. The van der Waals surface area contributed by atoms with E-state index in [1.165, 1.54) is 6.07 Å². The quantitative estimate of drug-likeness (QED) is 0.902. The number of nitrogens with two attached hydrogens (primary N) is 1. The van der Waals surface area contributed by atoms with Crippen molar-refractivity contribution in [1.82, 2.24) is 4.98 Å². The lowest BCUT2D eigenvalue weighted by Gasteiger charge is -2.10. The summed E-state index contributed by atoms with van der Waals surface area (Å²) < 4.78 is 26.7. The number of hydrogen-bond donors (Lipinski definition) is 2. The van der Waals surface area contributed by atoms with Crippen LogP contribution in [0, 0.1) is 6.20 Å². The molecule has 0 aliphatic rings. The summed E-state index contributed by atoms with van der Waals surface area (Å²) in [5.41, 5.74) is 5.91. The molecule has 0 saturated carbocycles. The van der Waals surface area contributed by atoms with Gasteiger partial charge in [0.1, 0.15) is 6.20 Å². The summed E-state index contributed by atoms with van der Waals surface area (Å²) in [4.78, 5) is 3.81. The summed E-state index contributed by atoms with van der Waals surface area (Å²) in [6.45, 7) is 0.0416. The van der Waals surface area contributed by atoms with Crippen LogP contribution in [-0.2, 0) is 16.6 Å². The topological polar surface area (TPSA) is 85.1 Å². The molecule has 2 aromatic rings. The molecule has 0 unspecified atom stereocenters. The van der Waals surface area contributed by atoms with Crippen molar-refractivity contribution in [2.75, 3.05) is 4.72 Å². The average molecular weight is 303 g/mol. The zero-order valence-electron chi connectivity index (χ0n) is 9.05. The number of benzene rings is 1. The van der Waals surface area contributed by atoms with Gasteiger partial charge in [0.05, 0.1) is 4.90 Å². The number of aromatic nitrogens is 1. The van der Waals surface area contributed by atoms with Crippen LogP contribution in [0.2, 0.25) is 5.02 Å². The molecule has 1 heterocycles. The standard InChI is InChI=1S/C10H9ClN3O2S2/c11-8-2-1-3-9(7(8)6-12)18(15,16)14-10-13-4-5-17-10/h1-3,5H,6,12H2,(H,13,14). The van der Waals surface area contributed by atoms with E-state index in [1.807, 2.05) is 0 Å². The normalized spacial score (nSPS) is 11.4. The Morgan fingerprint density at radius 1 is 1.50 bits per heavy atom. The van der Waals surface area contributed by atoms with E-state index < -0.39 is 10.0 Å². The molecule has 0 saturated heterocycles. The molecule has 0 aliphatic carbocycles. The fourth-order valence-electron chi connectivity index (χ4n) is 1.40. The van der Waals surface area contributed by atoms with Crippen LogP contribution in [0.3, 0.4) is 0 Å². The van der Waals surface area contributed by atoms with Crippen LogP contribution >= 0.6 is 22.9 Å². The Bertz CT molecular complexity index is 641. The lowest BCUT2D eigenvalue weighted by atomic mass is 10.2. The number of thiazole rings is 1. The van der Waals surface area contributed by atoms with Crippen molar-refractivity contribution in [3.8, 4) is 0 Å². The third-order valence-corrected chi connectivity index (χ3v) is 4.73. The monoisotopic (exact) mass is 302 g/mol. The van der Waals surface area contributed by atoms with Crippen molar-refractivity contribution in [3.05, 3.63) is 40.4 Å². The molecule has 0 amide bonds. The van der Waals surface area contributed by atoms with E-state index in [4.69, 9.17) is 17.3 Å². The van der Waals surface area contributed by atoms with Gasteiger partial charge in [-0.05, 0) is 12.1 Å². The van der Waals surface area contributed by atoms with E-state index in [1.54, 1.807) is 17.5 Å². The van der Waals surface area contributed by atoms with Crippen molar-refractivity contribution in [3.63, 3.8) is 0 Å². The maximum absolute atomic E-state index is 12.2. The fraction of sp³-hybridized carbons (Fsp3) is 0.100. The summed E-state index contributed by atoms with van der Waals surface area (Å²) in [5, 5.41) is 2.13. The Morgan fingerprint density at radius 2 is 2.28 bits per heavy atom. The molecule has 8 heteroatoms. The molecule has 1 aromatic carbocycles. The van der Waals surface area contributed by atoms with E-state index in [2.05, 4.69) is 15.9 Å². The lowest BCUT2D eigenvalue weighted by molar-refractivity contribution is 0.600.